The first-order valence-electron chi connectivity index (χ1n) is 8.20. The number of piperidine rings is 1. The molecule has 7 heteroatoms. The van der Waals surface area contributed by atoms with E-state index in [0.29, 0.717) is 17.3 Å². The number of hydrogen-bond donors (Lipinski definition) is 1. The van der Waals surface area contributed by atoms with Gasteiger partial charge in [-0.2, -0.15) is 5.26 Å². The lowest BCUT2D eigenvalue weighted by atomic mass is 10.0. The van der Waals surface area contributed by atoms with E-state index in [1.54, 1.807) is 12.1 Å². The Morgan fingerprint density at radius 3 is 2.72 bits per heavy atom. The van der Waals surface area contributed by atoms with Gasteiger partial charge in [-0.1, -0.05) is 6.07 Å². The van der Waals surface area contributed by atoms with Gasteiger partial charge in [-0.3, -0.25) is 10.1 Å². The molecule has 3 rings (SSSR count). The molecule has 0 spiro atoms. The Balaban J connectivity index is 1.68. The van der Waals surface area contributed by atoms with Gasteiger partial charge in [-0.15, -0.1) is 0 Å². The highest BCUT2D eigenvalue weighted by molar-refractivity contribution is 5.66. The van der Waals surface area contributed by atoms with Gasteiger partial charge >= 0.3 is 0 Å². The number of pyridine rings is 1. The Morgan fingerprint density at radius 1 is 1.32 bits per heavy atom. The molecule has 0 unspecified atom stereocenters. The third-order valence-electron chi connectivity index (χ3n) is 4.38. The van der Waals surface area contributed by atoms with Crippen LogP contribution >= 0.6 is 0 Å². The summed E-state index contributed by atoms with van der Waals surface area (Å²) >= 11 is 0. The van der Waals surface area contributed by atoms with Crippen molar-refractivity contribution in [1.29, 1.82) is 5.26 Å². The van der Waals surface area contributed by atoms with Crippen LogP contribution in [0.5, 0.6) is 0 Å². The molecule has 0 aliphatic carbocycles. The van der Waals surface area contributed by atoms with Gasteiger partial charge in [0, 0.05) is 30.9 Å². The second-order valence-corrected chi connectivity index (χ2v) is 6.14. The zero-order valence-corrected chi connectivity index (χ0v) is 14.0. The number of aryl methyl sites for hydroxylation is 1. The number of aromatic nitrogens is 1. The van der Waals surface area contributed by atoms with Crippen LogP contribution in [-0.2, 0) is 0 Å². The first-order chi connectivity index (χ1) is 12.1. The Hall–Kier alpha value is -3.14. The number of benzene rings is 1. The lowest BCUT2D eigenvalue weighted by molar-refractivity contribution is -0.384. The lowest BCUT2D eigenvalue weighted by Crippen LogP contribution is -2.39. The number of nitrogens with zero attached hydrogens (tertiary/aromatic N) is 4. The fraction of sp³-hybridized carbons (Fsp3) is 0.333. The maximum Gasteiger partial charge on any atom is 0.293 e. The van der Waals surface area contributed by atoms with E-state index in [1.165, 1.54) is 6.07 Å². The molecule has 0 saturated carbocycles. The van der Waals surface area contributed by atoms with Crippen LogP contribution in [0.25, 0.3) is 0 Å². The van der Waals surface area contributed by atoms with E-state index in [4.69, 9.17) is 5.26 Å². The molecule has 1 aliphatic heterocycles. The average molecular weight is 337 g/mol. The van der Waals surface area contributed by atoms with Gasteiger partial charge in [0.15, 0.2) is 0 Å². The normalized spacial score (nSPS) is 14.8. The monoisotopic (exact) mass is 337 g/mol. The largest absolute Gasteiger partial charge is 0.367 e. The number of anilines is 2. The van der Waals surface area contributed by atoms with Crippen molar-refractivity contribution in [2.75, 3.05) is 23.3 Å². The smallest absolute Gasteiger partial charge is 0.293 e. The maximum absolute atomic E-state index is 11.3. The van der Waals surface area contributed by atoms with Crippen LogP contribution in [0.15, 0.2) is 36.4 Å². The first-order valence-corrected chi connectivity index (χ1v) is 8.20. The third-order valence-corrected chi connectivity index (χ3v) is 4.38. The molecule has 1 aromatic heterocycles. The fourth-order valence-electron chi connectivity index (χ4n) is 3.10. The Morgan fingerprint density at radius 2 is 2.08 bits per heavy atom. The highest BCUT2D eigenvalue weighted by Gasteiger charge is 2.25. The summed E-state index contributed by atoms with van der Waals surface area (Å²) in [5.74, 6) is 0.864. The summed E-state index contributed by atoms with van der Waals surface area (Å²) in [6.07, 6.45) is 1.74. The van der Waals surface area contributed by atoms with Gasteiger partial charge in [0.05, 0.1) is 16.6 Å². The van der Waals surface area contributed by atoms with E-state index in [9.17, 15) is 10.1 Å². The molecular weight excluding hydrogens is 318 g/mol. The zero-order chi connectivity index (χ0) is 17.8. The summed E-state index contributed by atoms with van der Waals surface area (Å²) < 4.78 is 0. The molecule has 128 valence electrons. The summed E-state index contributed by atoms with van der Waals surface area (Å²) in [4.78, 5) is 17.4. The molecule has 0 atom stereocenters. The molecule has 1 aliphatic rings. The molecule has 1 fully saturated rings. The second kappa shape index (κ2) is 7.18. The van der Waals surface area contributed by atoms with Gasteiger partial charge in [0.25, 0.3) is 5.69 Å². The van der Waals surface area contributed by atoms with Crippen LogP contribution in [0.1, 0.15) is 24.1 Å². The van der Waals surface area contributed by atoms with Crippen molar-refractivity contribution in [1.82, 2.24) is 4.98 Å². The molecule has 25 heavy (non-hydrogen) atoms. The predicted molar refractivity (Wildman–Crippen MR) is 95.6 cm³/mol. The van der Waals surface area contributed by atoms with E-state index >= 15 is 0 Å². The van der Waals surface area contributed by atoms with Gasteiger partial charge in [-0.25, -0.2) is 4.98 Å². The van der Waals surface area contributed by atoms with Crippen molar-refractivity contribution in [3.05, 3.63) is 57.8 Å². The Labute approximate surface area is 146 Å². The molecule has 0 radical (unpaired) electrons. The van der Waals surface area contributed by atoms with E-state index in [0.717, 1.165) is 37.4 Å². The van der Waals surface area contributed by atoms with Crippen LogP contribution in [-0.4, -0.2) is 29.0 Å². The molecule has 7 nitrogen and oxygen atoms in total. The van der Waals surface area contributed by atoms with Crippen molar-refractivity contribution in [2.24, 2.45) is 0 Å². The first kappa shape index (κ1) is 16.7. The number of rotatable bonds is 4. The van der Waals surface area contributed by atoms with E-state index < -0.39 is 4.92 Å². The summed E-state index contributed by atoms with van der Waals surface area (Å²) in [7, 11) is 0. The molecule has 1 aromatic carbocycles. The molecule has 2 aromatic rings. The van der Waals surface area contributed by atoms with E-state index in [-0.39, 0.29) is 5.69 Å². The van der Waals surface area contributed by atoms with Crippen LogP contribution in [0.2, 0.25) is 0 Å². The second-order valence-electron chi connectivity index (χ2n) is 6.14. The fourth-order valence-corrected chi connectivity index (χ4v) is 3.10. The van der Waals surface area contributed by atoms with Gasteiger partial charge in [0.2, 0.25) is 0 Å². The average Bonchev–Trinajstić information content (AvgIpc) is 2.62. The van der Waals surface area contributed by atoms with Crippen molar-refractivity contribution in [3.8, 4) is 6.07 Å². The lowest BCUT2D eigenvalue weighted by Gasteiger charge is -2.33. The Kier molecular flexibility index (Phi) is 4.80. The van der Waals surface area contributed by atoms with E-state index in [1.807, 2.05) is 36.1 Å². The SMILES string of the molecule is Cc1cccc(NC2CCN(c3ccc(C#N)cc3[N+](=O)[O-])CC2)n1. The number of nitrogens with one attached hydrogen (secondary N) is 1. The molecule has 0 amide bonds. The Bertz CT molecular complexity index is 822. The minimum absolute atomic E-state index is 0.00851. The van der Waals surface area contributed by atoms with Crippen LogP contribution in [0.3, 0.4) is 0 Å². The zero-order valence-electron chi connectivity index (χ0n) is 14.0. The number of nitro benzene ring substituents is 1. The number of nitriles is 1. The molecule has 1 N–H and O–H groups in total. The summed E-state index contributed by atoms with van der Waals surface area (Å²) in [6, 6.07) is 12.8. The summed E-state index contributed by atoms with van der Waals surface area (Å²) in [6.45, 7) is 3.39. The molecule has 1 saturated heterocycles. The van der Waals surface area contributed by atoms with Crippen LogP contribution in [0.4, 0.5) is 17.2 Å². The predicted octanol–water partition coefficient (Wildman–Crippen LogP) is 3.25. The molecule has 0 bridgehead atoms. The third kappa shape index (κ3) is 3.86. The number of hydrogen-bond acceptors (Lipinski definition) is 6. The van der Waals surface area contributed by atoms with Crippen molar-refractivity contribution in [3.63, 3.8) is 0 Å². The van der Waals surface area contributed by atoms with Crippen molar-refractivity contribution in [2.45, 2.75) is 25.8 Å². The van der Waals surface area contributed by atoms with Crippen molar-refractivity contribution < 1.29 is 4.92 Å². The topological polar surface area (TPSA) is 95.1 Å². The van der Waals surface area contributed by atoms with Gasteiger partial charge in [-0.05, 0) is 44.0 Å². The van der Waals surface area contributed by atoms with E-state index in [2.05, 4.69) is 10.3 Å². The van der Waals surface area contributed by atoms with Gasteiger partial charge < -0.3 is 10.2 Å². The summed E-state index contributed by atoms with van der Waals surface area (Å²) in [5, 5.41) is 23.7. The minimum Gasteiger partial charge on any atom is -0.367 e. The highest BCUT2D eigenvalue weighted by Crippen LogP contribution is 2.31. The summed E-state index contributed by atoms with van der Waals surface area (Å²) in [5.41, 5.74) is 1.84. The number of nitro groups is 1. The maximum atomic E-state index is 11.3. The van der Waals surface area contributed by atoms with Crippen LogP contribution < -0.4 is 10.2 Å². The standard InChI is InChI=1S/C18H19N5O2/c1-13-3-2-4-18(20-13)21-15-7-9-22(10-8-15)16-6-5-14(12-19)11-17(16)23(24)25/h2-6,11,15H,7-10H2,1H3,(H,20,21). The van der Waals surface area contributed by atoms with Crippen LogP contribution in [0, 0.1) is 28.4 Å². The quantitative estimate of drug-likeness (QED) is 0.680. The van der Waals surface area contributed by atoms with Crippen molar-refractivity contribution >= 4 is 17.2 Å². The van der Waals surface area contributed by atoms with Gasteiger partial charge in [0.1, 0.15) is 11.5 Å². The highest BCUT2D eigenvalue weighted by atomic mass is 16.6. The molecular formula is C18H19N5O2. The minimum atomic E-state index is -0.419. The molecule has 2 heterocycles.